The highest BCUT2D eigenvalue weighted by Crippen LogP contribution is 2.28. The molecule has 0 aliphatic rings. The summed E-state index contributed by atoms with van der Waals surface area (Å²) in [4.78, 5) is 12.4. The number of hydrazine groups is 1. The van der Waals surface area contributed by atoms with E-state index in [0.29, 0.717) is 17.1 Å². The first kappa shape index (κ1) is 18.8. The highest BCUT2D eigenvalue weighted by atomic mass is 32.2. The third-order valence-corrected chi connectivity index (χ3v) is 4.52. The van der Waals surface area contributed by atoms with Gasteiger partial charge in [0.05, 0.1) is 25.7 Å². The van der Waals surface area contributed by atoms with Crippen LogP contribution >= 0.6 is 11.8 Å². The Bertz CT molecular complexity index is 780. The minimum Gasteiger partial charge on any atom is -0.493 e. The smallest absolute Gasteiger partial charge is 0.175 e. The average molecular weight is 359 g/mol. The number of Topliss-reactive ketones (excluding diaryl/α,β-unsaturated/α-hetero) is 1. The SMILES string of the molecule is COc1ccc(C(=O)CSC(=N)N(N)c2ccccc2C)cc1OC. The second-order valence-corrected chi connectivity index (χ2v) is 6.21. The van der Waals surface area contributed by atoms with Crippen molar-refractivity contribution in [1.82, 2.24) is 0 Å². The molecule has 6 nitrogen and oxygen atoms in total. The molecular formula is C18H21N3O3S. The predicted molar refractivity (Wildman–Crippen MR) is 102 cm³/mol. The number of ketones is 1. The monoisotopic (exact) mass is 359 g/mol. The number of methoxy groups -OCH3 is 2. The summed E-state index contributed by atoms with van der Waals surface area (Å²) in [6, 6.07) is 12.5. The summed E-state index contributed by atoms with van der Waals surface area (Å²) < 4.78 is 10.4. The van der Waals surface area contributed by atoms with Crippen LogP contribution in [0.2, 0.25) is 0 Å². The van der Waals surface area contributed by atoms with Crippen LogP contribution in [0.15, 0.2) is 42.5 Å². The minimum atomic E-state index is -0.117. The zero-order valence-electron chi connectivity index (χ0n) is 14.4. The molecule has 0 saturated heterocycles. The van der Waals surface area contributed by atoms with Gasteiger partial charge < -0.3 is 9.47 Å². The summed E-state index contributed by atoms with van der Waals surface area (Å²) in [5, 5.41) is 9.47. The van der Waals surface area contributed by atoms with Crippen LogP contribution in [-0.4, -0.2) is 30.9 Å². The van der Waals surface area contributed by atoms with Gasteiger partial charge in [-0.3, -0.25) is 15.2 Å². The molecule has 0 saturated carbocycles. The first-order valence-electron chi connectivity index (χ1n) is 7.55. The highest BCUT2D eigenvalue weighted by molar-refractivity contribution is 8.14. The molecule has 2 rings (SSSR count). The molecule has 25 heavy (non-hydrogen) atoms. The summed E-state index contributed by atoms with van der Waals surface area (Å²) in [5.41, 5.74) is 2.19. The van der Waals surface area contributed by atoms with Crippen molar-refractivity contribution in [3.05, 3.63) is 53.6 Å². The van der Waals surface area contributed by atoms with Gasteiger partial charge >= 0.3 is 0 Å². The molecule has 0 fully saturated rings. The number of amidine groups is 1. The second-order valence-electron chi connectivity index (χ2n) is 5.24. The highest BCUT2D eigenvalue weighted by Gasteiger charge is 2.15. The van der Waals surface area contributed by atoms with E-state index in [0.717, 1.165) is 23.0 Å². The van der Waals surface area contributed by atoms with Gasteiger partial charge in [-0.15, -0.1) is 0 Å². The number of carbonyl (C=O) groups is 1. The van der Waals surface area contributed by atoms with Crippen molar-refractivity contribution in [2.24, 2.45) is 5.84 Å². The van der Waals surface area contributed by atoms with E-state index < -0.39 is 0 Å². The number of carbonyl (C=O) groups excluding carboxylic acids is 1. The maximum absolute atomic E-state index is 12.4. The Hall–Kier alpha value is -2.51. The van der Waals surface area contributed by atoms with Gasteiger partial charge in [0.1, 0.15) is 0 Å². The van der Waals surface area contributed by atoms with Crippen LogP contribution in [0.25, 0.3) is 0 Å². The molecule has 0 atom stereocenters. The van der Waals surface area contributed by atoms with Crippen molar-refractivity contribution >= 4 is 28.4 Å². The van der Waals surface area contributed by atoms with E-state index in [-0.39, 0.29) is 16.7 Å². The summed E-state index contributed by atoms with van der Waals surface area (Å²) in [5.74, 6) is 7.03. The van der Waals surface area contributed by atoms with E-state index in [2.05, 4.69) is 0 Å². The molecule has 0 aromatic heterocycles. The molecule has 0 aliphatic carbocycles. The van der Waals surface area contributed by atoms with Crippen LogP contribution in [-0.2, 0) is 0 Å². The minimum absolute atomic E-state index is 0.100. The lowest BCUT2D eigenvalue weighted by atomic mass is 10.1. The molecule has 0 unspecified atom stereocenters. The van der Waals surface area contributed by atoms with Crippen LogP contribution in [0.3, 0.4) is 0 Å². The summed E-state index contributed by atoms with van der Waals surface area (Å²) in [6.07, 6.45) is 0. The number of anilines is 1. The van der Waals surface area contributed by atoms with Crippen molar-refractivity contribution in [3.63, 3.8) is 0 Å². The van der Waals surface area contributed by atoms with Gasteiger partial charge in [-0.1, -0.05) is 30.0 Å². The Morgan fingerprint density at radius 1 is 1.16 bits per heavy atom. The molecular weight excluding hydrogens is 338 g/mol. The maximum atomic E-state index is 12.4. The largest absolute Gasteiger partial charge is 0.493 e. The van der Waals surface area contributed by atoms with E-state index in [1.54, 1.807) is 18.2 Å². The molecule has 0 amide bonds. The van der Waals surface area contributed by atoms with Crippen LogP contribution < -0.4 is 20.3 Å². The molecule has 2 aromatic rings. The summed E-state index contributed by atoms with van der Waals surface area (Å²) in [7, 11) is 3.06. The molecule has 0 spiro atoms. The molecule has 0 aliphatic heterocycles. The predicted octanol–water partition coefficient (Wildman–Crippen LogP) is 3.24. The number of nitrogens with two attached hydrogens (primary N) is 1. The van der Waals surface area contributed by atoms with E-state index in [9.17, 15) is 4.79 Å². The standard InChI is InChI=1S/C18H21N3O3S/c1-12-6-4-5-7-14(12)21(20)18(19)25-11-15(22)13-8-9-16(23-2)17(10-13)24-3/h4-10,19H,11,20H2,1-3H3. The number of hydrogen-bond donors (Lipinski definition) is 2. The third kappa shape index (κ3) is 4.52. The molecule has 2 aromatic carbocycles. The first-order valence-corrected chi connectivity index (χ1v) is 8.53. The maximum Gasteiger partial charge on any atom is 0.175 e. The zero-order chi connectivity index (χ0) is 18.4. The number of benzene rings is 2. The fraction of sp³-hybridized carbons (Fsp3) is 0.222. The van der Waals surface area contributed by atoms with Crippen LogP contribution in [0.5, 0.6) is 11.5 Å². The van der Waals surface area contributed by atoms with Crippen molar-refractivity contribution in [1.29, 1.82) is 5.41 Å². The number of nitrogens with zero attached hydrogens (tertiary/aromatic N) is 1. The van der Waals surface area contributed by atoms with Crippen LogP contribution in [0.4, 0.5) is 5.69 Å². The lowest BCUT2D eigenvalue weighted by molar-refractivity contribution is 0.102. The van der Waals surface area contributed by atoms with E-state index in [4.69, 9.17) is 20.7 Å². The normalized spacial score (nSPS) is 10.2. The van der Waals surface area contributed by atoms with E-state index in [1.165, 1.54) is 19.2 Å². The fourth-order valence-electron chi connectivity index (χ4n) is 2.24. The van der Waals surface area contributed by atoms with Crippen molar-refractivity contribution < 1.29 is 14.3 Å². The van der Waals surface area contributed by atoms with Gasteiger partial charge in [-0.2, -0.15) is 0 Å². The molecule has 0 bridgehead atoms. The first-order chi connectivity index (χ1) is 12.0. The third-order valence-electron chi connectivity index (χ3n) is 3.64. The van der Waals surface area contributed by atoms with Gasteiger partial charge in [0.15, 0.2) is 22.4 Å². The molecule has 0 heterocycles. The topological polar surface area (TPSA) is 88.6 Å². The quantitative estimate of drug-likeness (QED) is 0.271. The molecule has 132 valence electrons. The number of aryl methyl sites for hydroxylation is 1. The number of para-hydroxylation sites is 1. The van der Waals surface area contributed by atoms with Gasteiger partial charge in [0.2, 0.25) is 0 Å². The lowest BCUT2D eigenvalue weighted by Gasteiger charge is -2.20. The van der Waals surface area contributed by atoms with Gasteiger partial charge in [0.25, 0.3) is 0 Å². The molecule has 7 heteroatoms. The Kier molecular flexibility index (Phi) is 6.44. The number of thioether (sulfide) groups is 1. The van der Waals surface area contributed by atoms with Gasteiger partial charge in [0, 0.05) is 5.56 Å². The Morgan fingerprint density at radius 3 is 2.48 bits per heavy atom. The number of hydrogen-bond acceptors (Lipinski definition) is 6. The van der Waals surface area contributed by atoms with Gasteiger partial charge in [-0.25, -0.2) is 5.84 Å². The van der Waals surface area contributed by atoms with Crippen molar-refractivity contribution in [3.8, 4) is 11.5 Å². The number of nitrogens with one attached hydrogen (secondary N) is 1. The van der Waals surface area contributed by atoms with Crippen molar-refractivity contribution in [2.75, 3.05) is 25.0 Å². The number of rotatable bonds is 6. The van der Waals surface area contributed by atoms with Crippen molar-refractivity contribution in [2.45, 2.75) is 6.92 Å². The Labute approximate surface area is 151 Å². The van der Waals surface area contributed by atoms with Crippen LogP contribution in [0.1, 0.15) is 15.9 Å². The summed E-state index contributed by atoms with van der Waals surface area (Å²) in [6.45, 7) is 1.92. The Balaban J connectivity index is 2.02. The van der Waals surface area contributed by atoms with E-state index in [1.807, 2.05) is 31.2 Å². The van der Waals surface area contributed by atoms with E-state index >= 15 is 0 Å². The van der Waals surface area contributed by atoms with Crippen LogP contribution in [0, 0.1) is 12.3 Å². The zero-order valence-corrected chi connectivity index (χ0v) is 15.2. The average Bonchev–Trinajstić information content (AvgIpc) is 2.64. The number of ether oxygens (including phenoxy) is 2. The Morgan fingerprint density at radius 2 is 1.84 bits per heavy atom. The second kappa shape index (κ2) is 8.55. The molecule has 3 N–H and O–H groups in total. The summed E-state index contributed by atoms with van der Waals surface area (Å²) >= 11 is 1.08. The molecule has 0 radical (unpaired) electrons. The fourth-order valence-corrected chi connectivity index (χ4v) is 2.91. The van der Waals surface area contributed by atoms with Gasteiger partial charge in [-0.05, 0) is 36.8 Å². The lowest BCUT2D eigenvalue weighted by Crippen LogP contribution is -2.36.